The molecule has 54 valence electrons. The highest BCUT2D eigenvalue weighted by atomic mass is 79.9. The van der Waals surface area contributed by atoms with E-state index < -0.39 is 0 Å². The molecular weight excluding hydrogens is 196 g/mol. The summed E-state index contributed by atoms with van der Waals surface area (Å²) in [5.41, 5.74) is 0.873. The van der Waals surface area contributed by atoms with Gasteiger partial charge in [-0.3, -0.25) is 0 Å². The molecule has 10 heavy (non-hydrogen) atoms. The lowest BCUT2D eigenvalue weighted by Gasteiger charge is -1.98. The Morgan fingerprint density at radius 3 is 3.10 bits per heavy atom. The van der Waals surface area contributed by atoms with Crippen LogP contribution in [0.2, 0.25) is 0 Å². The van der Waals surface area contributed by atoms with Crippen LogP contribution < -0.4 is 0 Å². The van der Waals surface area contributed by atoms with E-state index in [-0.39, 0.29) is 0 Å². The van der Waals surface area contributed by atoms with E-state index in [1.54, 1.807) is 13.3 Å². The standard InChI is InChI=1S/C6H7BrN2O/c1-10-3-6-5(7)2-8-4-9-6/h2,4H,3H2,1H3. The molecule has 0 aliphatic rings. The van der Waals surface area contributed by atoms with E-state index in [1.165, 1.54) is 6.33 Å². The van der Waals surface area contributed by atoms with Crippen LogP contribution in [0, 0.1) is 0 Å². The van der Waals surface area contributed by atoms with E-state index in [2.05, 4.69) is 25.9 Å². The first-order valence-electron chi connectivity index (χ1n) is 2.78. The molecule has 0 saturated carbocycles. The maximum absolute atomic E-state index is 4.89. The van der Waals surface area contributed by atoms with E-state index in [9.17, 15) is 0 Å². The fourth-order valence-corrected chi connectivity index (χ4v) is 0.916. The largest absolute Gasteiger partial charge is 0.378 e. The van der Waals surface area contributed by atoms with Gasteiger partial charge in [0.1, 0.15) is 6.33 Å². The van der Waals surface area contributed by atoms with E-state index in [0.717, 1.165) is 10.2 Å². The highest BCUT2D eigenvalue weighted by Crippen LogP contribution is 2.11. The van der Waals surface area contributed by atoms with Crippen LogP contribution in [-0.4, -0.2) is 17.1 Å². The first-order valence-corrected chi connectivity index (χ1v) is 3.57. The zero-order valence-electron chi connectivity index (χ0n) is 5.54. The first kappa shape index (κ1) is 7.63. The third kappa shape index (κ3) is 1.75. The van der Waals surface area contributed by atoms with Crippen molar-refractivity contribution in [2.24, 2.45) is 0 Å². The number of methoxy groups -OCH3 is 1. The molecule has 0 fully saturated rings. The molecule has 4 heteroatoms. The van der Waals surface area contributed by atoms with Gasteiger partial charge in [-0.05, 0) is 15.9 Å². The molecule has 0 aromatic carbocycles. The Morgan fingerprint density at radius 1 is 1.70 bits per heavy atom. The third-order valence-corrected chi connectivity index (χ3v) is 1.69. The van der Waals surface area contributed by atoms with Gasteiger partial charge in [-0.2, -0.15) is 0 Å². The number of nitrogens with zero attached hydrogens (tertiary/aromatic N) is 2. The van der Waals surface area contributed by atoms with Crippen LogP contribution in [0.4, 0.5) is 0 Å². The smallest absolute Gasteiger partial charge is 0.115 e. The molecule has 0 amide bonds. The molecule has 0 bridgehead atoms. The lowest BCUT2D eigenvalue weighted by Crippen LogP contribution is -1.93. The molecule has 0 radical (unpaired) electrons. The zero-order valence-corrected chi connectivity index (χ0v) is 7.13. The number of hydrogen-bond donors (Lipinski definition) is 0. The number of halogens is 1. The summed E-state index contributed by atoms with van der Waals surface area (Å²) >= 11 is 3.29. The molecular formula is C6H7BrN2O. The Kier molecular flexibility index (Phi) is 2.77. The zero-order chi connectivity index (χ0) is 7.40. The summed E-state index contributed by atoms with van der Waals surface area (Å²) < 4.78 is 5.77. The molecule has 1 rings (SSSR count). The molecule has 0 spiro atoms. The number of hydrogen-bond acceptors (Lipinski definition) is 3. The highest BCUT2D eigenvalue weighted by Gasteiger charge is 1.97. The average molecular weight is 203 g/mol. The molecule has 1 heterocycles. The van der Waals surface area contributed by atoms with Crippen molar-refractivity contribution in [2.45, 2.75) is 6.61 Å². The fraction of sp³-hybridized carbons (Fsp3) is 0.333. The summed E-state index contributed by atoms with van der Waals surface area (Å²) in [4.78, 5) is 7.80. The van der Waals surface area contributed by atoms with Crippen LogP contribution in [-0.2, 0) is 11.3 Å². The highest BCUT2D eigenvalue weighted by molar-refractivity contribution is 9.10. The number of aromatic nitrogens is 2. The van der Waals surface area contributed by atoms with E-state index in [4.69, 9.17) is 4.74 Å². The first-order chi connectivity index (χ1) is 4.84. The predicted molar refractivity (Wildman–Crippen MR) is 40.4 cm³/mol. The van der Waals surface area contributed by atoms with Crippen LogP contribution in [0.1, 0.15) is 5.69 Å². The van der Waals surface area contributed by atoms with E-state index >= 15 is 0 Å². The van der Waals surface area contributed by atoms with Crippen molar-refractivity contribution in [3.8, 4) is 0 Å². The van der Waals surface area contributed by atoms with Gasteiger partial charge < -0.3 is 4.74 Å². The van der Waals surface area contributed by atoms with E-state index in [1.807, 2.05) is 0 Å². The SMILES string of the molecule is COCc1ncncc1Br. The molecule has 3 nitrogen and oxygen atoms in total. The molecule has 0 unspecified atom stereocenters. The second-order valence-corrected chi connectivity index (χ2v) is 2.60. The van der Waals surface area contributed by atoms with Crippen LogP contribution in [0.5, 0.6) is 0 Å². The molecule has 0 atom stereocenters. The van der Waals surface area contributed by atoms with Crippen LogP contribution in [0.15, 0.2) is 17.0 Å². The van der Waals surface area contributed by atoms with Gasteiger partial charge in [0, 0.05) is 13.3 Å². The second-order valence-electron chi connectivity index (χ2n) is 1.75. The summed E-state index contributed by atoms with van der Waals surface area (Å²) in [5.74, 6) is 0. The van der Waals surface area contributed by atoms with Crippen molar-refractivity contribution in [3.05, 3.63) is 22.7 Å². The van der Waals surface area contributed by atoms with Crippen molar-refractivity contribution < 1.29 is 4.74 Å². The second kappa shape index (κ2) is 3.63. The molecule has 1 aromatic rings. The summed E-state index contributed by atoms with van der Waals surface area (Å²) in [6.07, 6.45) is 3.19. The maximum Gasteiger partial charge on any atom is 0.115 e. The lowest BCUT2D eigenvalue weighted by molar-refractivity contribution is 0.180. The van der Waals surface area contributed by atoms with Gasteiger partial charge in [-0.1, -0.05) is 0 Å². The molecule has 0 aliphatic heterocycles. The molecule has 0 N–H and O–H groups in total. The monoisotopic (exact) mass is 202 g/mol. The Labute approximate surface area is 67.6 Å². The maximum atomic E-state index is 4.89. The number of ether oxygens (including phenoxy) is 1. The van der Waals surface area contributed by atoms with Crippen molar-refractivity contribution >= 4 is 15.9 Å². The van der Waals surface area contributed by atoms with Gasteiger partial charge >= 0.3 is 0 Å². The predicted octanol–water partition coefficient (Wildman–Crippen LogP) is 1.39. The minimum atomic E-state index is 0.517. The van der Waals surface area contributed by atoms with Gasteiger partial charge in [-0.15, -0.1) is 0 Å². The normalized spacial score (nSPS) is 9.80. The minimum absolute atomic E-state index is 0.517. The van der Waals surface area contributed by atoms with Gasteiger partial charge in [0.2, 0.25) is 0 Å². The van der Waals surface area contributed by atoms with Crippen LogP contribution in [0.25, 0.3) is 0 Å². The van der Waals surface area contributed by atoms with Crippen molar-refractivity contribution in [3.63, 3.8) is 0 Å². The summed E-state index contributed by atoms with van der Waals surface area (Å²) in [7, 11) is 1.63. The third-order valence-electron chi connectivity index (χ3n) is 1.02. The van der Waals surface area contributed by atoms with Crippen LogP contribution in [0.3, 0.4) is 0 Å². The Morgan fingerprint density at radius 2 is 2.50 bits per heavy atom. The molecule has 0 aliphatic carbocycles. The quantitative estimate of drug-likeness (QED) is 0.728. The van der Waals surface area contributed by atoms with E-state index in [0.29, 0.717) is 6.61 Å². The summed E-state index contributed by atoms with van der Waals surface area (Å²) in [5, 5.41) is 0. The van der Waals surface area contributed by atoms with Gasteiger partial charge in [0.15, 0.2) is 0 Å². The minimum Gasteiger partial charge on any atom is -0.378 e. The van der Waals surface area contributed by atoms with Gasteiger partial charge in [-0.25, -0.2) is 9.97 Å². The van der Waals surface area contributed by atoms with Crippen molar-refractivity contribution in [1.82, 2.24) is 9.97 Å². The summed E-state index contributed by atoms with van der Waals surface area (Å²) in [6, 6.07) is 0. The van der Waals surface area contributed by atoms with Gasteiger partial charge in [0.25, 0.3) is 0 Å². The van der Waals surface area contributed by atoms with Gasteiger partial charge in [0.05, 0.1) is 16.8 Å². The van der Waals surface area contributed by atoms with Crippen LogP contribution >= 0.6 is 15.9 Å². The van der Waals surface area contributed by atoms with Crippen molar-refractivity contribution in [2.75, 3.05) is 7.11 Å². The average Bonchev–Trinajstić information content (AvgIpc) is 1.94. The lowest BCUT2D eigenvalue weighted by atomic mass is 10.4. The Balaban J connectivity index is 2.81. The fourth-order valence-electron chi connectivity index (χ4n) is 0.581. The Hall–Kier alpha value is -0.480. The molecule has 0 saturated heterocycles. The molecule has 1 aromatic heterocycles. The topological polar surface area (TPSA) is 35.0 Å². The summed E-state index contributed by atoms with van der Waals surface area (Å²) in [6.45, 7) is 0.517. The van der Waals surface area contributed by atoms with Crippen molar-refractivity contribution in [1.29, 1.82) is 0 Å². The Bertz CT molecular complexity index is 217. The number of rotatable bonds is 2.